The second-order valence-corrected chi connectivity index (χ2v) is 18.6. The summed E-state index contributed by atoms with van der Waals surface area (Å²) >= 11 is 0. The lowest BCUT2D eigenvalue weighted by atomic mass is 10.1. The highest BCUT2D eigenvalue weighted by Gasteiger charge is 2.27. The van der Waals surface area contributed by atoms with Gasteiger partial charge in [0.1, 0.15) is 12.2 Å². The molecular weight excluding hydrogens is 840 g/mol. The van der Waals surface area contributed by atoms with Crippen molar-refractivity contribution >= 4 is 19.8 Å². The Morgan fingerprint density at radius 1 is 0.431 bits per heavy atom. The van der Waals surface area contributed by atoms with Crippen molar-refractivity contribution in [3.05, 3.63) is 72.9 Å². The molecule has 0 aliphatic heterocycles. The van der Waals surface area contributed by atoms with Crippen LogP contribution in [0.15, 0.2) is 72.9 Å². The molecule has 0 amide bonds. The Morgan fingerprint density at radius 2 is 0.723 bits per heavy atom. The third-order valence-corrected chi connectivity index (χ3v) is 11.9. The monoisotopic (exact) mass is 935 g/mol. The van der Waals surface area contributed by atoms with Gasteiger partial charge in [-0.3, -0.25) is 18.6 Å². The van der Waals surface area contributed by atoms with Gasteiger partial charge in [-0.1, -0.05) is 196 Å². The molecule has 0 aromatic heterocycles. The van der Waals surface area contributed by atoms with E-state index in [1.54, 1.807) is 0 Å². The van der Waals surface area contributed by atoms with Crippen LogP contribution in [0.4, 0.5) is 0 Å². The molecule has 0 heterocycles. The number of rotatable bonds is 48. The zero-order chi connectivity index (χ0) is 47.6. The summed E-state index contributed by atoms with van der Waals surface area (Å²) in [5.41, 5.74) is 0. The molecule has 0 aromatic rings. The number of aliphatic hydroxyl groups is 2. The van der Waals surface area contributed by atoms with Crippen LogP contribution in [0.3, 0.4) is 0 Å². The summed E-state index contributed by atoms with van der Waals surface area (Å²) in [5, 5.41) is 19.3. The summed E-state index contributed by atoms with van der Waals surface area (Å²) in [6, 6.07) is 0. The van der Waals surface area contributed by atoms with Crippen molar-refractivity contribution in [2.24, 2.45) is 0 Å². The number of unbranched alkanes of at least 4 members (excludes halogenated alkanes) is 22. The van der Waals surface area contributed by atoms with E-state index < -0.39 is 58.4 Å². The summed E-state index contributed by atoms with van der Waals surface area (Å²) < 4.78 is 32.7. The van der Waals surface area contributed by atoms with Crippen LogP contribution in [-0.2, 0) is 32.7 Å². The normalized spacial score (nSPS) is 14.2. The van der Waals surface area contributed by atoms with Crippen LogP contribution in [0.1, 0.15) is 219 Å². The highest BCUT2D eigenvalue weighted by Crippen LogP contribution is 2.43. The lowest BCUT2D eigenvalue weighted by molar-refractivity contribution is -0.153. The maximum atomic E-state index is 12.4. The van der Waals surface area contributed by atoms with Crippen LogP contribution in [0.5, 0.6) is 0 Å². The number of carbonyl (C=O) groups excluding carboxylic acids is 2. The zero-order valence-corrected chi connectivity index (χ0v) is 42.1. The van der Waals surface area contributed by atoms with E-state index in [2.05, 4.69) is 86.8 Å². The molecule has 376 valence electrons. The van der Waals surface area contributed by atoms with Gasteiger partial charge in [-0.2, -0.15) is 0 Å². The summed E-state index contributed by atoms with van der Waals surface area (Å²) in [7, 11) is -4.65. The van der Waals surface area contributed by atoms with Crippen molar-refractivity contribution in [2.75, 3.05) is 26.4 Å². The third kappa shape index (κ3) is 47.7. The summed E-state index contributed by atoms with van der Waals surface area (Å²) in [4.78, 5) is 34.7. The van der Waals surface area contributed by atoms with Crippen LogP contribution in [0, 0.1) is 0 Å². The minimum Gasteiger partial charge on any atom is -0.457 e. The van der Waals surface area contributed by atoms with Gasteiger partial charge in [-0.15, -0.1) is 0 Å². The Kier molecular flexibility index (Phi) is 47.4. The summed E-state index contributed by atoms with van der Waals surface area (Å²) in [5.74, 6) is -1.03. The van der Waals surface area contributed by atoms with Crippen molar-refractivity contribution in [3.8, 4) is 0 Å². The van der Waals surface area contributed by atoms with Crippen molar-refractivity contribution in [1.82, 2.24) is 0 Å². The molecule has 0 spiro atoms. The maximum Gasteiger partial charge on any atom is 0.472 e. The van der Waals surface area contributed by atoms with Gasteiger partial charge in [0.15, 0.2) is 0 Å². The van der Waals surface area contributed by atoms with E-state index in [1.807, 2.05) is 0 Å². The first-order valence-electron chi connectivity index (χ1n) is 25.9. The molecule has 0 bridgehead atoms. The lowest BCUT2D eigenvalue weighted by Gasteiger charge is -2.20. The van der Waals surface area contributed by atoms with Gasteiger partial charge in [-0.25, -0.2) is 4.57 Å². The second kappa shape index (κ2) is 49.3. The SMILES string of the molecule is CC/C=C\C/C=C\C/C=C\C/C=C\CCCCCCCCCCC(=O)OC(CO)COP(=O)(O)OCC(CO)OC(=O)CCCCCCCCCCC/C=C\C/C=C\CCCCCCC. The number of phosphoric ester groups is 1. The van der Waals surface area contributed by atoms with E-state index in [9.17, 15) is 29.3 Å². The largest absolute Gasteiger partial charge is 0.472 e. The highest BCUT2D eigenvalue weighted by atomic mass is 31.2. The first-order valence-corrected chi connectivity index (χ1v) is 27.4. The molecule has 3 N–H and O–H groups in total. The molecular formula is C54H95O10P. The molecule has 0 aliphatic carbocycles. The van der Waals surface area contributed by atoms with Crippen LogP contribution in [0.2, 0.25) is 0 Å². The minimum atomic E-state index is -4.65. The number of allylic oxidation sites excluding steroid dienone is 12. The fraction of sp³-hybridized carbons (Fsp3) is 0.741. The van der Waals surface area contributed by atoms with Crippen LogP contribution < -0.4 is 0 Å². The number of esters is 2. The number of phosphoric acid groups is 1. The third-order valence-electron chi connectivity index (χ3n) is 10.9. The van der Waals surface area contributed by atoms with Crippen molar-refractivity contribution < 1.29 is 47.8 Å². The van der Waals surface area contributed by atoms with Gasteiger partial charge in [0.05, 0.1) is 26.4 Å². The molecule has 65 heavy (non-hydrogen) atoms. The van der Waals surface area contributed by atoms with Gasteiger partial charge >= 0.3 is 19.8 Å². The van der Waals surface area contributed by atoms with E-state index >= 15 is 0 Å². The van der Waals surface area contributed by atoms with E-state index in [0.29, 0.717) is 12.8 Å². The van der Waals surface area contributed by atoms with Gasteiger partial charge in [-0.05, 0) is 83.5 Å². The molecule has 0 saturated heterocycles. The summed E-state index contributed by atoms with van der Waals surface area (Å²) in [6.07, 6.45) is 58.7. The van der Waals surface area contributed by atoms with E-state index in [1.165, 1.54) is 96.3 Å². The number of hydrogen-bond acceptors (Lipinski definition) is 9. The molecule has 3 unspecified atom stereocenters. The molecule has 0 fully saturated rings. The quantitative estimate of drug-likeness (QED) is 0.0233. The molecule has 0 aliphatic rings. The predicted molar refractivity (Wildman–Crippen MR) is 270 cm³/mol. The predicted octanol–water partition coefficient (Wildman–Crippen LogP) is 14.8. The van der Waals surface area contributed by atoms with E-state index in [0.717, 1.165) is 83.5 Å². The fourth-order valence-electron chi connectivity index (χ4n) is 6.96. The van der Waals surface area contributed by atoms with E-state index in [4.69, 9.17) is 18.5 Å². The van der Waals surface area contributed by atoms with Crippen molar-refractivity contribution in [3.63, 3.8) is 0 Å². The zero-order valence-electron chi connectivity index (χ0n) is 41.2. The van der Waals surface area contributed by atoms with Crippen LogP contribution in [0.25, 0.3) is 0 Å². The molecule has 0 radical (unpaired) electrons. The van der Waals surface area contributed by atoms with Crippen molar-refractivity contribution in [1.29, 1.82) is 0 Å². The highest BCUT2D eigenvalue weighted by molar-refractivity contribution is 7.47. The topological polar surface area (TPSA) is 149 Å². The van der Waals surface area contributed by atoms with Gasteiger partial charge in [0, 0.05) is 12.8 Å². The molecule has 10 nitrogen and oxygen atoms in total. The molecule has 0 saturated carbocycles. The second-order valence-electron chi connectivity index (χ2n) is 17.1. The number of aliphatic hydroxyl groups excluding tert-OH is 2. The van der Waals surface area contributed by atoms with Crippen LogP contribution in [-0.4, -0.2) is 65.7 Å². The first-order chi connectivity index (χ1) is 31.8. The van der Waals surface area contributed by atoms with Gasteiger partial charge in [0.2, 0.25) is 0 Å². The summed E-state index contributed by atoms with van der Waals surface area (Å²) in [6.45, 7) is 2.09. The molecule has 11 heteroatoms. The number of ether oxygens (including phenoxy) is 2. The fourth-order valence-corrected chi connectivity index (χ4v) is 7.74. The van der Waals surface area contributed by atoms with Gasteiger partial charge in [0.25, 0.3) is 0 Å². The molecule has 0 aromatic carbocycles. The number of carbonyl (C=O) groups is 2. The Balaban J connectivity index is 3.86. The standard InChI is InChI=1S/C54H95O10P/c1-3-5-7-9-11-13-15-17-19-21-23-25-27-29-31-33-35-37-39-41-43-45-53(57)63-51(47-55)49-61-65(59,60)62-50-52(48-56)64-54(58)46-44-42-40-38-36-34-32-30-28-26-24-22-20-18-16-14-12-10-8-6-4-2/h5,7,11,13,16-19,22-25,51-52,55-56H,3-4,6,8-10,12,14-15,20-21,26-50H2,1-2H3,(H,59,60)/b7-5-,13-11-,18-16-,19-17-,24-22-,25-23-. The average Bonchev–Trinajstić information content (AvgIpc) is 3.30. The van der Waals surface area contributed by atoms with E-state index in [-0.39, 0.29) is 12.8 Å². The Morgan fingerprint density at radius 3 is 1.05 bits per heavy atom. The molecule has 0 rings (SSSR count). The average molecular weight is 935 g/mol. The first kappa shape index (κ1) is 62.4. The Hall–Kier alpha value is -2.59. The maximum absolute atomic E-state index is 12.4. The molecule has 3 atom stereocenters. The van der Waals surface area contributed by atoms with Crippen molar-refractivity contribution in [2.45, 2.75) is 232 Å². The Bertz CT molecular complexity index is 1310. The number of hydrogen-bond donors (Lipinski definition) is 3. The minimum absolute atomic E-state index is 0.179. The Labute approximate surface area is 397 Å². The van der Waals surface area contributed by atoms with Crippen LogP contribution >= 0.6 is 7.82 Å². The van der Waals surface area contributed by atoms with Gasteiger partial charge < -0.3 is 24.6 Å². The lowest BCUT2D eigenvalue weighted by Crippen LogP contribution is -2.28. The smallest absolute Gasteiger partial charge is 0.457 e.